The molecule has 0 radical (unpaired) electrons. The number of hydrogen-bond acceptors (Lipinski definition) is 3. The van der Waals surface area contributed by atoms with Gasteiger partial charge in [-0.1, -0.05) is 28.9 Å². The molecule has 0 fully saturated rings. The van der Waals surface area contributed by atoms with Gasteiger partial charge in [0.15, 0.2) is 0 Å². The summed E-state index contributed by atoms with van der Waals surface area (Å²) in [5, 5.41) is 3.28. The van der Waals surface area contributed by atoms with Gasteiger partial charge >= 0.3 is 0 Å². The molecule has 4 heteroatoms. The molecular formula is C15H17BrN2S. The summed E-state index contributed by atoms with van der Waals surface area (Å²) in [6, 6.07) is 12.6. The van der Waals surface area contributed by atoms with E-state index in [2.05, 4.69) is 63.5 Å². The second kappa shape index (κ2) is 7.56. The zero-order chi connectivity index (χ0) is 13.5. The average molecular weight is 337 g/mol. The van der Waals surface area contributed by atoms with Crippen molar-refractivity contribution >= 4 is 33.5 Å². The van der Waals surface area contributed by atoms with E-state index >= 15 is 0 Å². The molecule has 0 saturated carbocycles. The Labute approximate surface area is 127 Å². The summed E-state index contributed by atoms with van der Waals surface area (Å²) in [5.41, 5.74) is 1.25. The topological polar surface area (TPSA) is 24.9 Å². The Morgan fingerprint density at radius 1 is 1.16 bits per heavy atom. The Morgan fingerprint density at radius 3 is 2.58 bits per heavy atom. The number of hydrogen-bond donors (Lipinski definition) is 1. The van der Waals surface area contributed by atoms with Crippen molar-refractivity contribution < 1.29 is 0 Å². The Balaban J connectivity index is 1.87. The van der Waals surface area contributed by atoms with Crippen molar-refractivity contribution in [2.75, 3.05) is 11.9 Å². The van der Waals surface area contributed by atoms with E-state index in [1.807, 2.05) is 24.0 Å². The molecule has 0 amide bonds. The molecule has 0 spiro atoms. The van der Waals surface area contributed by atoms with Crippen LogP contribution in [0.1, 0.15) is 18.9 Å². The fraction of sp³-hybridized carbons (Fsp3) is 0.267. The maximum absolute atomic E-state index is 4.41. The number of halogens is 1. The monoisotopic (exact) mass is 336 g/mol. The first kappa shape index (κ1) is 14.4. The summed E-state index contributed by atoms with van der Waals surface area (Å²) in [7, 11) is 0. The zero-order valence-corrected chi connectivity index (χ0v) is 13.3. The molecule has 0 aliphatic rings. The van der Waals surface area contributed by atoms with Crippen LogP contribution >= 0.6 is 27.7 Å². The molecule has 19 heavy (non-hydrogen) atoms. The highest BCUT2D eigenvalue weighted by Crippen LogP contribution is 2.24. The molecule has 1 heterocycles. The number of rotatable bonds is 6. The van der Waals surface area contributed by atoms with Crippen LogP contribution in [0.4, 0.5) is 5.82 Å². The van der Waals surface area contributed by atoms with Crippen molar-refractivity contribution in [2.45, 2.75) is 24.0 Å². The van der Waals surface area contributed by atoms with E-state index in [-0.39, 0.29) is 0 Å². The molecule has 0 aliphatic carbocycles. The van der Waals surface area contributed by atoms with Crippen molar-refractivity contribution in [3.8, 4) is 0 Å². The van der Waals surface area contributed by atoms with Crippen LogP contribution in [0.3, 0.4) is 0 Å². The van der Waals surface area contributed by atoms with Crippen molar-refractivity contribution in [2.24, 2.45) is 0 Å². The van der Waals surface area contributed by atoms with Crippen LogP contribution in [0, 0.1) is 0 Å². The van der Waals surface area contributed by atoms with Crippen molar-refractivity contribution in [3.63, 3.8) is 0 Å². The van der Waals surface area contributed by atoms with Gasteiger partial charge in [0.2, 0.25) is 0 Å². The average Bonchev–Trinajstić information content (AvgIpc) is 2.46. The third kappa shape index (κ3) is 4.88. The van der Waals surface area contributed by atoms with Crippen molar-refractivity contribution in [1.82, 2.24) is 4.98 Å². The predicted molar refractivity (Wildman–Crippen MR) is 86.7 cm³/mol. The number of nitrogens with one attached hydrogen (secondary N) is 1. The fourth-order valence-electron chi connectivity index (χ4n) is 1.57. The third-order valence-corrected chi connectivity index (χ3v) is 4.21. The summed E-state index contributed by atoms with van der Waals surface area (Å²) in [6.45, 7) is 3.12. The van der Waals surface area contributed by atoms with Gasteiger partial charge < -0.3 is 5.32 Å². The van der Waals surface area contributed by atoms with Crippen LogP contribution in [0.2, 0.25) is 0 Å². The lowest BCUT2D eigenvalue weighted by Gasteiger charge is -2.05. The normalized spacial score (nSPS) is 10.4. The van der Waals surface area contributed by atoms with Crippen LogP contribution in [-0.2, 0) is 5.75 Å². The predicted octanol–water partition coefficient (Wildman–Crippen LogP) is 4.96. The molecule has 100 valence electrons. The minimum Gasteiger partial charge on any atom is -0.370 e. The number of benzene rings is 1. The van der Waals surface area contributed by atoms with Crippen LogP contribution in [0.15, 0.2) is 52.0 Å². The standard InChI is InChI=1S/C15H17BrN2S/c1-2-9-17-15-8-3-12(10-18-15)11-19-14-6-4-13(16)5-7-14/h3-8,10H,2,9,11H2,1H3,(H,17,18). The Hall–Kier alpha value is -1.00. The number of thioether (sulfide) groups is 1. The second-order valence-corrected chi connectivity index (χ2v) is 6.19. The lowest BCUT2D eigenvalue weighted by atomic mass is 10.3. The lowest BCUT2D eigenvalue weighted by molar-refractivity contribution is 0.968. The van der Waals surface area contributed by atoms with E-state index in [0.717, 1.165) is 29.0 Å². The molecule has 2 rings (SSSR count). The van der Waals surface area contributed by atoms with Crippen molar-refractivity contribution in [1.29, 1.82) is 0 Å². The van der Waals surface area contributed by atoms with Crippen LogP contribution in [0.5, 0.6) is 0 Å². The number of pyridine rings is 1. The van der Waals surface area contributed by atoms with Gasteiger partial charge in [-0.2, -0.15) is 0 Å². The van der Waals surface area contributed by atoms with E-state index in [1.54, 1.807) is 0 Å². The molecule has 0 atom stereocenters. The molecule has 2 nitrogen and oxygen atoms in total. The van der Waals surface area contributed by atoms with Crippen LogP contribution < -0.4 is 5.32 Å². The van der Waals surface area contributed by atoms with E-state index in [0.29, 0.717) is 0 Å². The minimum atomic E-state index is 0.947. The highest BCUT2D eigenvalue weighted by atomic mass is 79.9. The zero-order valence-electron chi connectivity index (χ0n) is 10.9. The van der Waals surface area contributed by atoms with Gasteiger partial charge in [0.05, 0.1) is 0 Å². The number of aromatic nitrogens is 1. The molecule has 1 N–H and O–H groups in total. The minimum absolute atomic E-state index is 0.947. The van der Waals surface area contributed by atoms with Gasteiger partial charge in [0.25, 0.3) is 0 Å². The quantitative estimate of drug-likeness (QED) is 0.754. The third-order valence-electron chi connectivity index (χ3n) is 2.60. The number of nitrogens with zero attached hydrogens (tertiary/aromatic N) is 1. The summed E-state index contributed by atoms with van der Waals surface area (Å²) in [4.78, 5) is 5.69. The first-order valence-corrected chi connectivity index (χ1v) is 8.13. The molecule has 1 aromatic carbocycles. The SMILES string of the molecule is CCCNc1ccc(CSc2ccc(Br)cc2)cn1. The molecule has 0 unspecified atom stereocenters. The van der Waals surface area contributed by atoms with Gasteiger partial charge in [-0.05, 0) is 42.3 Å². The van der Waals surface area contributed by atoms with Gasteiger partial charge in [-0.15, -0.1) is 11.8 Å². The van der Waals surface area contributed by atoms with Crippen LogP contribution in [0.25, 0.3) is 0 Å². The summed E-state index contributed by atoms with van der Waals surface area (Å²) >= 11 is 5.27. The van der Waals surface area contributed by atoms with Gasteiger partial charge in [0, 0.05) is 27.9 Å². The molecular weight excluding hydrogens is 320 g/mol. The first-order chi connectivity index (χ1) is 9.28. The highest BCUT2D eigenvalue weighted by Gasteiger charge is 1.98. The molecule has 0 bridgehead atoms. The summed E-state index contributed by atoms with van der Waals surface area (Å²) in [5.74, 6) is 1.90. The molecule has 0 saturated heterocycles. The number of anilines is 1. The molecule has 2 aromatic rings. The van der Waals surface area contributed by atoms with E-state index in [4.69, 9.17) is 0 Å². The Morgan fingerprint density at radius 2 is 1.95 bits per heavy atom. The maximum atomic E-state index is 4.41. The van der Waals surface area contributed by atoms with Gasteiger partial charge in [0.1, 0.15) is 5.82 Å². The van der Waals surface area contributed by atoms with Gasteiger partial charge in [-0.25, -0.2) is 4.98 Å². The second-order valence-electron chi connectivity index (χ2n) is 4.22. The van der Waals surface area contributed by atoms with E-state index < -0.39 is 0 Å². The Kier molecular flexibility index (Phi) is 5.73. The summed E-state index contributed by atoms with van der Waals surface area (Å²) in [6.07, 6.45) is 3.06. The highest BCUT2D eigenvalue weighted by molar-refractivity contribution is 9.10. The smallest absolute Gasteiger partial charge is 0.125 e. The fourth-order valence-corrected chi connectivity index (χ4v) is 2.66. The van der Waals surface area contributed by atoms with E-state index in [9.17, 15) is 0 Å². The Bertz CT molecular complexity index is 497. The molecule has 1 aromatic heterocycles. The van der Waals surface area contributed by atoms with Crippen LogP contribution in [-0.4, -0.2) is 11.5 Å². The molecule has 0 aliphatic heterocycles. The first-order valence-electron chi connectivity index (χ1n) is 6.35. The van der Waals surface area contributed by atoms with Gasteiger partial charge in [-0.3, -0.25) is 0 Å². The maximum Gasteiger partial charge on any atom is 0.125 e. The lowest BCUT2D eigenvalue weighted by Crippen LogP contribution is -2.01. The van der Waals surface area contributed by atoms with E-state index in [1.165, 1.54) is 10.5 Å². The summed E-state index contributed by atoms with van der Waals surface area (Å²) < 4.78 is 1.12. The van der Waals surface area contributed by atoms with Crippen molar-refractivity contribution in [3.05, 3.63) is 52.6 Å². The largest absolute Gasteiger partial charge is 0.370 e.